The molecule has 0 atom stereocenters. The summed E-state index contributed by atoms with van der Waals surface area (Å²) in [6, 6.07) is 6.94. The number of carboxylic acid groups (broad SMARTS) is 1. The number of carboxylic acids is 1. The van der Waals surface area contributed by atoms with E-state index in [1.807, 2.05) is 0 Å². The molecule has 174 valence electrons. The van der Waals surface area contributed by atoms with Gasteiger partial charge >= 0.3 is 12.1 Å². The van der Waals surface area contributed by atoms with Crippen LogP contribution in [0.2, 0.25) is 5.02 Å². The highest BCUT2D eigenvalue weighted by molar-refractivity contribution is 6.34. The van der Waals surface area contributed by atoms with Crippen LogP contribution in [0.25, 0.3) is 10.9 Å². The Morgan fingerprint density at radius 1 is 1.15 bits per heavy atom. The molecule has 0 aliphatic heterocycles. The number of aromatic nitrogens is 2. The number of benzene rings is 2. The maximum atomic E-state index is 14.8. The molecule has 1 aliphatic carbocycles. The van der Waals surface area contributed by atoms with Crippen molar-refractivity contribution in [2.75, 3.05) is 0 Å². The Kier molecular flexibility index (Phi) is 5.72. The predicted molar refractivity (Wildman–Crippen MR) is 113 cm³/mol. The first-order valence-corrected chi connectivity index (χ1v) is 10.6. The van der Waals surface area contributed by atoms with Gasteiger partial charge in [0.2, 0.25) is 0 Å². The van der Waals surface area contributed by atoms with Gasteiger partial charge in [0, 0.05) is 5.92 Å². The number of carbonyl (C=O) groups is 2. The molecule has 1 aromatic heterocycles. The van der Waals surface area contributed by atoms with Gasteiger partial charge in [-0.1, -0.05) is 23.7 Å². The van der Waals surface area contributed by atoms with Gasteiger partial charge in [0.05, 0.1) is 38.2 Å². The quantitative estimate of drug-likeness (QED) is 0.446. The largest absolute Gasteiger partial charge is 0.481 e. The van der Waals surface area contributed by atoms with E-state index in [-0.39, 0.29) is 22.5 Å². The molecule has 3 aromatic rings. The van der Waals surface area contributed by atoms with Gasteiger partial charge < -0.3 is 5.11 Å². The minimum Gasteiger partial charge on any atom is -0.481 e. The second-order valence-electron chi connectivity index (χ2n) is 8.54. The first-order chi connectivity index (χ1) is 15.4. The van der Waals surface area contributed by atoms with Crippen LogP contribution in [0.15, 0.2) is 36.4 Å². The van der Waals surface area contributed by atoms with E-state index in [0.29, 0.717) is 25.7 Å². The Balaban J connectivity index is 1.83. The summed E-state index contributed by atoms with van der Waals surface area (Å²) >= 11 is 5.99. The molecule has 1 aliphatic rings. The third-order valence-corrected chi connectivity index (χ3v) is 6.72. The lowest BCUT2D eigenvalue weighted by atomic mass is 9.71. The highest BCUT2D eigenvalue weighted by Gasteiger charge is 2.40. The van der Waals surface area contributed by atoms with Crippen LogP contribution in [0.1, 0.15) is 60.1 Å². The number of aliphatic carboxylic acids is 1. The Bertz CT molecular complexity index is 1260. The Hall–Kier alpha value is -2.94. The summed E-state index contributed by atoms with van der Waals surface area (Å²) in [5.74, 6) is -3.06. The Morgan fingerprint density at radius 3 is 2.39 bits per heavy atom. The molecule has 10 heteroatoms. The average Bonchev–Trinajstić information content (AvgIpc) is 3.14. The van der Waals surface area contributed by atoms with Crippen LogP contribution < -0.4 is 0 Å². The number of hydrogen-bond acceptors (Lipinski definition) is 3. The molecular weight excluding hydrogens is 464 g/mol. The van der Waals surface area contributed by atoms with Crippen molar-refractivity contribution in [1.82, 2.24) is 9.78 Å². The molecule has 33 heavy (non-hydrogen) atoms. The third-order valence-electron chi connectivity index (χ3n) is 6.40. The highest BCUT2D eigenvalue weighted by atomic mass is 35.5. The minimum absolute atomic E-state index is 0.0228. The summed E-state index contributed by atoms with van der Waals surface area (Å²) in [4.78, 5) is 24.8. The van der Waals surface area contributed by atoms with Gasteiger partial charge in [-0.3, -0.25) is 9.59 Å². The molecular formula is C23H19ClF4N2O3. The molecule has 4 rings (SSSR count). The van der Waals surface area contributed by atoms with E-state index in [4.69, 9.17) is 11.6 Å². The van der Waals surface area contributed by atoms with Gasteiger partial charge in [0.15, 0.2) is 0 Å². The molecule has 0 bridgehead atoms. The SMILES string of the molecule is C[C@]1(C(=O)O)CC[C@H](c2nn(C(=O)c3c(Cl)cccc3C(F)(F)F)c3cccc(F)c32)CC1. The lowest BCUT2D eigenvalue weighted by molar-refractivity contribution is -0.150. The van der Waals surface area contributed by atoms with Gasteiger partial charge in [-0.25, -0.2) is 4.39 Å². The van der Waals surface area contributed by atoms with Crippen LogP contribution in [0.5, 0.6) is 0 Å². The molecule has 0 unspecified atom stereocenters. The van der Waals surface area contributed by atoms with E-state index in [1.54, 1.807) is 6.92 Å². The lowest BCUT2D eigenvalue weighted by Gasteiger charge is -2.33. The fourth-order valence-electron chi connectivity index (χ4n) is 4.42. The average molecular weight is 483 g/mol. The van der Waals surface area contributed by atoms with Crippen molar-refractivity contribution in [3.63, 3.8) is 0 Å². The summed E-state index contributed by atoms with van der Waals surface area (Å²) in [6.07, 6.45) is -3.41. The van der Waals surface area contributed by atoms with E-state index < -0.39 is 45.4 Å². The minimum atomic E-state index is -4.84. The highest BCUT2D eigenvalue weighted by Crippen LogP contribution is 2.45. The van der Waals surface area contributed by atoms with Crippen molar-refractivity contribution >= 4 is 34.4 Å². The van der Waals surface area contributed by atoms with Gasteiger partial charge in [0.1, 0.15) is 5.82 Å². The smallest absolute Gasteiger partial charge is 0.417 e. The first kappa shape index (κ1) is 23.2. The second kappa shape index (κ2) is 8.13. The number of alkyl halides is 3. The van der Waals surface area contributed by atoms with Gasteiger partial charge in [-0.2, -0.15) is 23.0 Å². The van der Waals surface area contributed by atoms with E-state index in [2.05, 4.69) is 5.10 Å². The summed E-state index contributed by atoms with van der Waals surface area (Å²) in [6.45, 7) is 1.64. The van der Waals surface area contributed by atoms with E-state index in [0.717, 1.165) is 16.8 Å². The molecule has 5 nitrogen and oxygen atoms in total. The number of halogens is 5. The normalized spacial score (nSPS) is 21.3. The summed E-state index contributed by atoms with van der Waals surface area (Å²) in [5, 5.41) is 13.4. The second-order valence-corrected chi connectivity index (χ2v) is 8.94. The number of nitrogens with zero attached hydrogens (tertiary/aromatic N) is 2. The van der Waals surface area contributed by atoms with E-state index >= 15 is 0 Å². The first-order valence-electron chi connectivity index (χ1n) is 10.2. The topological polar surface area (TPSA) is 72.2 Å². The number of carbonyl (C=O) groups excluding carboxylic acids is 1. The standard InChI is InChI=1S/C23H19ClF4N2O3/c1-22(21(32)33)10-8-12(9-11-22)19-18-15(25)6-3-7-16(18)30(29-19)20(31)17-13(23(26,27)28)4-2-5-14(17)24/h2-7,12H,8-11H2,1H3,(H,32,33)/t12-,22-. The molecule has 1 N–H and O–H groups in total. The van der Waals surface area contributed by atoms with Crippen LogP contribution in [-0.4, -0.2) is 26.8 Å². The van der Waals surface area contributed by atoms with Crippen LogP contribution in [0.4, 0.5) is 17.6 Å². The Morgan fingerprint density at radius 2 is 1.79 bits per heavy atom. The van der Waals surface area contributed by atoms with Crippen molar-refractivity contribution in [1.29, 1.82) is 0 Å². The zero-order valence-electron chi connectivity index (χ0n) is 17.4. The maximum Gasteiger partial charge on any atom is 0.417 e. The summed E-state index contributed by atoms with van der Waals surface area (Å²) in [5.41, 5.74) is -2.65. The zero-order chi connectivity index (χ0) is 24.1. The van der Waals surface area contributed by atoms with Crippen LogP contribution in [0.3, 0.4) is 0 Å². The van der Waals surface area contributed by atoms with Gasteiger partial charge in [-0.15, -0.1) is 0 Å². The zero-order valence-corrected chi connectivity index (χ0v) is 18.2. The molecule has 1 fully saturated rings. The maximum absolute atomic E-state index is 14.8. The fraction of sp³-hybridized carbons (Fsp3) is 0.348. The summed E-state index contributed by atoms with van der Waals surface area (Å²) < 4.78 is 56.3. The van der Waals surface area contributed by atoms with Crippen molar-refractivity contribution in [2.45, 2.75) is 44.7 Å². The molecule has 0 spiro atoms. The van der Waals surface area contributed by atoms with Crippen molar-refractivity contribution < 1.29 is 32.3 Å². The third kappa shape index (κ3) is 3.99. The molecule has 0 radical (unpaired) electrons. The predicted octanol–water partition coefficient (Wildman–Crippen LogP) is 6.28. The van der Waals surface area contributed by atoms with Gasteiger partial charge in [0.25, 0.3) is 5.91 Å². The van der Waals surface area contributed by atoms with Crippen LogP contribution in [-0.2, 0) is 11.0 Å². The molecule has 0 amide bonds. The van der Waals surface area contributed by atoms with Crippen molar-refractivity contribution in [2.24, 2.45) is 5.41 Å². The lowest BCUT2D eigenvalue weighted by Crippen LogP contribution is -2.32. The van der Waals surface area contributed by atoms with Crippen LogP contribution in [0, 0.1) is 11.2 Å². The van der Waals surface area contributed by atoms with Crippen LogP contribution >= 0.6 is 11.6 Å². The molecule has 1 saturated carbocycles. The monoisotopic (exact) mass is 482 g/mol. The fourth-order valence-corrected chi connectivity index (χ4v) is 4.68. The number of rotatable bonds is 3. The Labute approximate surface area is 191 Å². The number of fused-ring (bicyclic) bond motifs is 1. The molecule has 1 heterocycles. The molecule has 0 saturated heterocycles. The summed E-state index contributed by atoms with van der Waals surface area (Å²) in [7, 11) is 0. The van der Waals surface area contributed by atoms with Crippen molar-refractivity contribution in [3.8, 4) is 0 Å². The van der Waals surface area contributed by atoms with Gasteiger partial charge in [-0.05, 0) is 56.9 Å². The van der Waals surface area contributed by atoms with E-state index in [9.17, 15) is 32.3 Å². The van der Waals surface area contributed by atoms with E-state index in [1.165, 1.54) is 24.3 Å². The number of hydrogen-bond donors (Lipinski definition) is 1. The van der Waals surface area contributed by atoms with Crippen molar-refractivity contribution in [3.05, 3.63) is 64.1 Å². The molecule has 2 aromatic carbocycles.